The number of anilines is 2. The Balaban J connectivity index is 1.48. The molecule has 2 aromatic heterocycles. The fraction of sp³-hybridized carbons (Fsp3) is 0.409. The van der Waals surface area contributed by atoms with Gasteiger partial charge in [-0.2, -0.15) is 0 Å². The summed E-state index contributed by atoms with van der Waals surface area (Å²) in [5.41, 5.74) is 5.53. The third kappa shape index (κ3) is 3.95. The van der Waals surface area contributed by atoms with E-state index >= 15 is 0 Å². The number of carboxylic acid groups (broad SMARTS) is 1. The molecule has 1 unspecified atom stereocenters. The predicted molar refractivity (Wildman–Crippen MR) is 117 cm³/mol. The highest BCUT2D eigenvalue weighted by molar-refractivity contribution is 5.79. The van der Waals surface area contributed by atoms with Crippen molar-refractivity contribution in [1.29, 1.82) is 0 Å². The zero-order valence-corrected chi connectivity index (χ0v) is 17.7. The van der Waals surface area contributed by atoms with Crippen LogP contribution in [0, 0.1) is 0 Å². The van der Waals surface area contributed by atoms with Crippen molar-refractivity contribution in [2.75, 3.05) is 25.0 Å². The van der Waals surface area contributed by atoms with Crippen LogP contribution in [-0.4, -0.2) is 56.8 Å². The van der Waals surface area contributed by atoms with Crippen LogP contribution in [0.3, 0.4) is 0 Å². The van der Waals surface area contributed by atoms with E-state index in [-0.39, 0.29) is 6.04 Å². The van der Waals surface area contributed by atoms with Crippen LogP contribution in [0.2, 0.25) is 0 Å². The number of nitrogens with zero attached hydrogens (tertiary/aromatic N) is 5. The smallest absolute Gasteiger partial charge is 0.407 e. The summed E-state index contributed by atoms with van der Waals surface area (Å²) < 4.78 is 2.00. The number of hydrogen-bond acceptors (Lipinski definition) is 5. The summed E-state index contributed by atoms with van der Waals surface area (Å²) in [5.74, 6) is 0.881. The highest BCUT2D eigenvalue weighted by Crippen LogP contribution is 2.29. The van der Waals surface area contributed by atoms with E-state index in [0.717, 1.165) is 41.9 Å². The zero-order valence-electron chi connectivity index (χ0n) is 17.7. The van der Waals surface area contributed by atoms with Crippen molar-refractivity contribution in [3.63, 3.8) is 0 Å². The number of rotatable bonds is 6. The van der Waals surface area contributed by atoms with Crippen LogP contribution >= 0.6 is 0 Å². The number of nitrogens with one attached hydrogen (secondary N) is 1. The second-order valence-corrected chi connectivity index (χ2v) is 7.86. The molecular formula is C22H28N6O2. The first-order valence-corrected chi connectivity index (χ1v) is 10.3. The van der Waals surface area contributed by atoms with Crippen molar-refractivity contribution in [3.8, 4) is 0 Å². The van der Waals surface area contributed by atoms with Gasteiger partial charge < -0.3 is 24.8 Å². The molecular weight excluding hydrogens is 380 g/mol. The molecule has 0 saturated carbocycles. The molecule has 30 heavy (non-hydrogen) atoms. The quantitative estimate of drug-likeness (QED) is 0.652. The van der Waals surface area contributed by atoms with E-state index in [4.69, 9.17) is 5.11 Å². The fourth-order valence-electron chi connectivity index (χ4n) is 4.05. The number of benzene rings is 1. The number of amides is 1. The summed E-state index contributed by atoms with van der Waals surface area (Å²) in [4.78, 5) is 23.6. The van der Waals surface area contributed by atoms with Crippen LogP contribution in [0.25, 0.3) is 11.0 Å². The minimum atomic E-state index is -0.835. The molecule has 3 aromatic rings. The normalized spacial score (nSPS) is 16.4. The van der Waals surface area contributed by atoms with Crippen molar-refractivity contribution in [3.05, 3.63) is 47.9 Å². The van der Waals surface area contributed by atoms with E-state index in [1.54, 1.807) is 6.33 Å². The van der Waals surface area contributed by atoms with E-state index in [0.29, 0.717) is 13.1 Å². The van der Waals surface area contributed by atoms with Gasteiger partial charge in [0.1, 0.15) is 11.3 Å². The minimum Gasteiger partial charge on any atom is -0.465 e. The Bertz CT molecular complexity index is 1060. The van der Waals surface area contributed by atoms with Crippen LogP contribution < -0.4 is 10.2 Å². The van der Waals surface area contributed by atoms with E-state index in [1.807, 2.05) is 24.9 Å². The number of imidazole rings is 1. The Morgan fingerprint density at radius 3 is 2.90 bits per heavy atom. The average molecular weight is 409 g/mol. The molecule has 8 heteroatoms. The Morgan fingerprint density at radius 2 is 2.17 bits per heavy atom. The summed E-state index contributed by atoms with van der Waals surface area (Å²) in [6.07, 6.45) is 4.55. The predicted octanol–water partition coefficient (Wildman–Crippen LogP) is 3.14. The van der Waals surface area contributed by atoms with Gasteiger partial charge in [-0.15, -0.1) is 0 Å². The van der Waals surface area contributed by atoms with Crippen molar-refractivity contribution in [2.45, 2.75) is 32.4 Å². The summed E-state index contributed by atoms with van der Waals surface area (Å²) >= 11 is 0. The molecule has 4 rings (SSSR count). The van der Waals surface area contributed by atoms with Crippen molar-refractivity contribution >= 4 is 28.6 Å². The number of pyridine rings is 1. The van der Waals surface area contributed by atoms with E-state index in [9.17, 15) is 4.79 Å². The van der Waals surface area contributed by atoms with Gasteiger partial charge in [0.25, 0.3) is 0 Å². The lowest BCUT2D eigenvalue weighted by molar-refractivity contribution is 0.154. The Morgan fingerprint density at radius 1 is 1.33 bits per heavy atom. The Kier molecular flexibility index (Phi) is 5.59. The van der Waals surface area contributed by atoms with Crippen molar-refractivity contribution in [2.24, 2.45) is 7.05 Å². The third-order valence-corrected chi connectivity index (χ3v) is 5.88. The summed E-state index contributed by atoms with van der Waals surface area (Å²) in [6, 6.07) is 8.77. The van der Waals surface area contributed by atoms with Gasteiger partial charge in [-0.3, -0.25) is 0 Å². The molecule has 1 fully saturated rings. The number of aromatic nitrogens is 3. The first-order valence-electron chi connectivity index (χ1n) is 10.3. The standard InChI is InChI=1S/C22H28N6O2/c1-4-16-9-15(11-23-17-7-8-28(13-17)22(29)30)5-6-19(16)27(3)21-10-20-18(12-24-21)25-14-26(20)2/h5-6,9-10,12,14,17,23H,4,7-8,11,13H2,1-3H3,(H,29,30). The van der Waals surface area contributed by atoms with Crippen LogP contribution in [-0.2, 0) is 20.0 Å². The van der Waals surface area contributed by atoms with Crippen molar-refractivity contribution in [1.82, 2.24) is 24.8 Å². The van der Waals surface area contributed by atoms with Crippen LogP contribution in [0.4, 0.5) is 16.3 Å². The van der Waals surface area contributed by atoms with Gasteiger partial charge in [0, 0.05) is 51.5 Å². The third-order valence-electron chi connectivity index (χ3n) is 5.88. The first-order chi connectivity index (χ1) is 14.5. The van der Waals surface area contributed by atoms with Crippen LogP contribution in [0.1, 0.15) is 24.5 Å². The summed E-state index contributed by atoms with van der Waals surface area (Å²) in [7, 11) is 4.02. The highest BCUT2D eigenvalue weighted by atomic mass is 16.4. The van der Waals surface area contributed by atoms with Gasteiger partial charge in [0.05, 0.1) is 18.0 Å². The highest BCUT2D eigenvalue weighted by Gasteiger charge is 2.25. The molecule has 0 bridgehead atoms. The van der Waals surface area contributed by atoms with Gasteiger partial charge in [0.15, 0.2) is 0 Å². The summed E-state index contributed by atoms with van der Waals surface area (Å²) in [6.45, 7) is 4.04. The number of aryl methyl sites for hydroxylation is 2. The molecule has 1 saturated heterocycles. The maximum atomic E-state index is 11.1. The second kappa shape index (κ2) is 8.31. The Labute approximate surface area is 176 Å². The largest absolute Gasteiger partial charge is 0.465 e. The van der Waals surface area contributed by atoms with Gasteiger partial charge in [0.2, 0.25) is 0 Å². The minimum absolute atomic E-state index is 0.211. The first kappa shape index (κ1) is 20.2. The maximum absolute atomic E-state index is 11.1. The molecule has 8 nitrogen and oxygen atoms in total. The van der Waals surface area contributed by atoms with E-state index in [1.165, 1.54) is 16.0 Å². The fourth-order valence-corrected chi connectivity index (χ4v) is 4.05. The van der Waals surface area contributed by atoms with Gasteiger partial charge in [-0.1, -0.05) is 19.1 Å². The monoisotopic (exact) mass is 408 g/mol. The number of likely N-dealkylation sites (tertiary alicyclic amines) is 1. The molecule has 1 aliphatic rings. The van der Waals surface area contributed by atoms with Crippen LogP contribution in [0.5, 0.6) is 0 Å². The lowest BCUT2D eigenvalue weighted by Crippen LogP contribution is -2.34. The molecule has 2 N–H and O–H groups in total. The Hall–Kier alpha value is -3.13. The lowest BCUT2D eigenvalue weighted by atomic mass is 10.0. The number of carbonyl (C=O) groups is 1. The van der Waals surface area contributed by atoms with E-state index in [2.05, 4.69) is 51.4 Å². The molecule has 0 aliphatic carbocycles. The average Bonchev–Trinajstić information content (AvgIpc) is 3.38. The SMILES string of the molecule is CCc1cc(CNC2CCN(C(=O)O)C2)ccc1N(C)c1cc2c(cn1)ncn2C. The molecule has 0 radical (unpaired) electrons. The van der Waals surface area contributed by atoms with Gasteiger partial charge in [-0.05, 0) is 30.0 Å². The molecule has 3 heterocycles. The van der Waals surface area contributed by atoms with Crippen molar-refractivity contribution < 1.29 is 9.90 Å². The zero-order chi connectivity index (χ0) is 21.3. The van der Waals surface area contributed by atoms with Gasteiger partial charge >= 0.3 is 6.09 Å². The molecule has 158 valence electrons. The van der Waals surface area contributed by atoms with Gasteiger partial charge in [-0.25, -0.2) is 14.8 Å². The maximum Gasteiger partial charge on any atom is 0.407 e. The van der Waals surface area contributed by atoms with Crippen LogP contribution in [0.15, 0.2) is 36.8 Å². The molecule has 1 amide bonds. The summed E-state index contributed by atoms with van der Waals surface area (Å²) in [5, 5.41) is 12.6. The molecule has 1 aromatic carbocycles. The topological polar surface area (TPSA) is 86.5 Å². The number of hydrogen-bond donors (Lipinski definition) is 2. The lowest BCUT2D eigenvalue weighted by Gasteiger charge is -2.22. The van der Waals surface area contributed by atoms with E-state index < -0.39 is 6.09 Å². The molecule has 1 aliphatic heterocycles. The molecule has 0 spiro atoms. The number of fused-ring (bicyclic) bond motifs is 1. The molecule has 1 atom stereocenters. The second-order valence-electron chi connectivity index (χ2n) is 7.86.